The molecule has 8 aromatic carbocycles. The lowest BCUT2D eigenvalue weighted by molar-refractivity contribution is 0.613. The normalized spacial score (nSPS) is 11.1. The Morgan fingerprint density at radius 1 is 0.179 bits per heavy atom. The summed E-state index contributed by atoms with van der Waals surface area (Å²) in [7, 11) is 0. The van der Waals surface area contributed by atoms with Gasteiger partial charge in [-0.2, -0.15) is 0 Å². The highest BCUT2D eigenvalue weighted by atomic mass is 15.0. The molecule has 0 aliphatic rings. The molecular weight excluding hydrogens is 817 g/mol. The molecule has 0 fully saturated rings. The van der Waals surface area contributed by atoms with Crippen molar-refractivity contribution in [2.75, 3.05) is 0 Å². The zero-order chi connectivity index (χ0) is 45.0. The van der Waals surface area contributed by atoms with Crippen molar-refractivity contribution >= 4 is 0 Å². The summed E-state index contributed by atoms with van der Waals surface area (Å²) in [4.78, 5) is 29.7. The lowest BCUT2D eigenvalue weighted by Crippen LogP contribution is -2.00. The van der Waals surface area contributed by atoms with Gasteiger partial charge in [0.15, 0.2) is 34.9 Å². The molecule has 10 aromatic rings. The molecule has 0 unspecified atom stereocenters. The van der Waals surface area contributed by atoms with Crippen LogP contribution in [0.4, 0.5) is 0 Å². The van der Waals surface area contributed by atoms with Gasteiger partial charge in [0.25, 0.3) is 0 Å². The van der Waals surface area contributed by atoms with Crippen LogP contribution in [0.3, 0.4) is 0 Å². The molecule has 0 aliphatic carbocycles. The molecule has 6 heteroatoms. The van der Waals surface area contributed by atoms with Crippen molar-refractivity contribution in [1.29, 1.82) is 0 Å². The number of rotatable bonds is 16. The fourth-order valence-corrected chi connectivity index (χ4v) is 8.42. The maximum absolute atomic E-state index is 4.98. The quantitative estimate of drug-likeness (QED) is 0.0901. The first-order valence-corrected chi connectivity index (χ1v) is 23.3. The van der Waals surface area contributed by atoms with E-state index in [2.05, 4.69) is 146 Å². The van der Waals surface area contributed by atoms with Crippen LogP contribution in [0.2, 0.25) is 0 Å². The Kier molecular flexibility index (Phi) is 13.2. The minimum Gasteiger partial charge on any atom is -0.208 e. The van der Waals surface area contributed by atoms with Crippen molar-refractivity contribution in [1.82, 2.24) is 29.9 Å². The van der Waals surface area contributed by atoms with Crippen LogP contribution < -0.4 is 0 Å². The standard InChI is InChI=1S/C61H50N6/c1(2-8-18-44-28-32-52(33-29-44)58-62-56(50-24-14-6-15-25-50)64-60(66-58)54-40-36-48(37-41-54)46-20-10-4-11-21-46)3-9-19-45-30-34-53(35-31-45)59-63-57(51-26-16-7-17-27-51)65-61(67-59)55-42-38-49(39-43-55)47-22-12-5-13-23-47/h4-7,10-17,20-43H,1-3,8-9,18-19H2. The van der Waals surface area contributed by atoms with Gasteiger partial charge in [0.1, 0.15) is 0 Å². The fourth-order valence-electron chi connectivity index (χ4n) is 8.42. The van der Waals surface area contributed by atoms with Crippen LogP contribution in [0.5, 0.6) is 0 Å². The fraction of sp³-hybridized carbons (Fsp3) is 0.115. The predicted molar refractivity (Wildman–Crippen MR) is 274 cm³/mol. The van der Waals surface area contributed by atoms with E-state index in [0.29, 0.717) is 34.9 Å². The molecular formula is C61H50N6. The van der Waals surface area contributed by atoms with Crippen molar-refractivity contribution in [3.05, 3.63) is 230 Å². The van der Waals surface area contributed by atoms with E-state index in [1.807, 2.05) is 72.8 Å². The van der Waals surface area contributed by atoms with E-state index in [0.717, 1.165) is 70.2 Å². The molecule has 6 nitrogen and oxygen atoms in total. The van der Waals surface area contributed by atoms with Gasteiger partial charge in [0.05, 0.1) is 0 Å². The van der Waals surface area contributed by atoms with Gasteiger partial charge >= 0.3 is 0 Å². The van der Waals surface area contributed by atoms with E-state index in [4.69, 9.17) is 29.9 Å². The topological polar surface area (TPSA) is 77.3 Å². The molecule has 0 atom stereocenters. The smallest absolute Gasteiger partial charge is 0.164 e. The Morgan fingerprint density at radius 3 is 0.657 bits per heavy atom. The summed E-state index contributed by atoms with van der Waals surface area (Å²) in [6, 6.07) is 75.5. The third-order valence-electron chi connectivity index (χ3n) is 12.2. The van der Waals surface area contributed by atoms with Crippen LogP contribution in [-0.4, -0.2) is 29.9 Å². The number of hydrogen-bond donors (Lipinski definition) is 0. The molecule has 10 rings (SSSR count). The van der Waals surface area contributed by atoms with Gasteiger partial charge in [-0.25, -0.2) is 29.9 Å². The molecule has 324 valence electrons. The number of unbranched alkanes of at least 4 members (excludes halogenated alkanes) is 4. The van der Waals surface area contributed by atoms with Gasteiger partial charge < -0.3 is 0 Å². The lowest BCUT2D eigenvalue weighted by atomic mass is 10.0. The molecule has 0 amide bonds. The van der Waals surface area contributed by atoms with Crippen molar-refractivity contribution in [2.45, 2.75) is 44.9 Å². The van der Waals surface area contributed by atoms with Gasteiger partial charge in [-0.1, -0.05) is 238 Å². The molecule has 0 saturated carbocycles. The highest BCUT2D eigenvalue weighted by Crippen LogP contribution is 2.30. The van der Waals surface area contributed by atoms with Crippen LogP contribution in [0.1, 0.15) is 43.2 Å². The summed E-state index contributed by atoms with van der Waals surface area (Å²) in [5.41, 5.74) is 13.2. The zero-order valence-electron chi connectivity index (χ0n) is 37.4. The van der Waals surface area contributed by atoms with Crippen LogP contribution in [0, 0.1) is 0 Å². The summed E-state index contributed by atoms with van der Waals surface area (Å²) in [6.07, 6.45) is 8.08. The predicted octanol–water partition coefficient (Wildman–Crippen LogP) is 15.1. The maximum Gasteiger partial charge on any atom is 0.164 e. The Bertz CT molecular complexity index is 2920. The van der Waals surface area contributed by atoms with Gasteiger partial charge in [0.2, 0.25) is 0 Å². The second-order valence-corrected chi connectivity index (χ2v) is 16.9. The molecule has 0 spiro atoms. The average molecular weight is 867 g/mol. The maximum atomic E-state index is 4.98. The molecule has 0 saturated heterocycles. The molecule has 0 aliphatic heterocycles. The van der Waals surface area contributed by atoms with Gasteiger partial charge in [0, 0.05) is 33.4 Å². The Hall–Kier alpha value is -8.22. The first-order chi connectivity index (χ1) is 33.2. The van der Waals surface area contributed by atoms with Crippen molar-refractivity contribution in [3.63, 3.8) is 0 Å². The minimum absolute atomic E-state index is 0.664. The monoisotopic (exact) mass is 866 g/mol. The average Bonchev–Trinajstić information content (AvgIpc) is 3.42. The summed E-state index contributed by atoms with van der Waals surface area (Å²) in [5, 5.41) is 0. The summed E-state index contributed by atoms with van der Waals surface area (Å²) in [6.45, 7) is 0. The number of benzene rings is 8. The molecule has 2 aromatic heterocycles. The summed E-state index contributed by atoms with van der Waals surface area (Å²) >= 11 is 0. The minimum atomic E-state index is 0.664. The second-order valence-electron chi connectivity index (χ2n) is 16.9. The van der Waals surface area contributed by atoms with Crippen molar-refractivity contribution in [3.8, 4) is 90.6 Å². The van der Waals surface area contributed by atoms with E-state index < -0.39 is 0 Å². The first-order valence-electron chi connectivity index (χ1n) is 23.3. The largest absolute Gasteiger partial charge is 0.208 e. The number of aryl methyl sites for hydroxylation is 2. The molecule has 0 bridgehead atoms. The van der Waals surface area contributed by atoms with E-state index in [1.54, 1.807) is 0 Å². The summed E-state index contributed by atoms with van der Waals surface area (Å²) < 4.78 is 0. The summed E-state index contributed by atoms with van der Waals surface area (Å²) in [5.74, 6) is 4.02. The third-order valence-corrected chi connectivity index (χ3v) is 12.2. The lowest BCUT2D eigenvalue weighted by Gasteiger charge is -2.10. The van der Waals surface area contributed by atoms with E-state index >= 15 is 0 Å². The molecule has 0 radical (unpaired) electrons. The van der Waals surface area contributed by atoms with Crippen LogP contribution in [0.15, 0.2) is 218 Å². The first kappa shape index (κ1) is 42.7. The molecule has 2 heterocycles. The molecule has 67 heavy (non-hydrogen) atoms. The van der Waals surface area contributed by atoms with E-state index in [9.17, 15) is 0 Å². The Balaban J connectivity index is 0.733. The molecule has 0 N–H and O–H groups in total. The van der Waals surface area contributed by atoms with E-state index in [-0.39, 0.29) is 0 Å². The number of hydrogen-bond acceptors (Lipinski definition) is 6. The van der Waals surface area contributed by atoms with Crippen LogP contribution >= 0.6 is 0 Å². The zero-order valence-corrected chi connectivity index (χ0v) is 37.4. The Morgan fingerprint density at radius 2 is 0.373 bits per heavy atom. The van der Waals surface area contributed by atoms with E-state index in [1.165, 1.54) is 41.5 Å². The Labute approximate surface area is 393 Å². The number of nitrogens with zero attached hydrogens (tertiary/aromatic N) is 6. The van der Waals surface area contributed by atoms with Crippen LogP contribution in [-0.2, 0) is 12.8 Å². The van der Waals surface area contributed by atoms with Gasteiger partial charge in [-0.05, 0) is 59.1 Å². The third kappa shape index (κ3) is 10.7. The highest BCUT2D eigenvalue weighted by molar-refractivity contribution is 5.72. The number of aromatic nitrogens is 6. The van der Waals surface area contributed by atoms with Crippen molar-refractivity contribution < 1.29 is 0 Å². The second kappa shape index (κ2) is 20.7. The van der Waals surface area contributed by atoms with Crippen LogP contribution in [0.25, 0.3) is 90.6 Å². The SMILES string of the molecule is c1ccc(-c2ccc(-c3nc(-c4ccccc4)nc(-c4ccc(CCCCCCCc5ccc(-c6nc(-c7ccccc7)nc(-c7ccc(-c8ccccc8)cc7)n6)cc5)cc4)n3)cc2)cc1. The van der Waals surface area contributed by atoms with Crippen molar-refractivity contribution in [2.24, 2.45) is 0 Å². The van der Waals surface area contributed by atoms with Gasteiger partial charge in [-0.15, -0.1) is 0 Å². The van der Waals surface area contributed by atoms with Gasteiger partial charge in [-0.3, -0.25) is 0 Å². The highest BCUT2D eigenvalue weighted by Gasteiger charge is 2.15.